The Morgan fingerprint density at radius 2 is 2.09 bits per heavy atom. The van der Waals surface area contributed by atoms with E-state index in [1.165, 1.54) is 0 Å². The average Bonchev–Trinajstić information content (AvgIpc) is 1.79. The Labute approximate surface area is 64.2 Å². The molecule has 0 heterocycles. The third-order valence-corrected chi connectivity index (χ3v) is 2.78. The third kappa shape index (κ3) is 0.671. The first-order valence-electron chi connectivity index (χ1n) is 3.66. The summed E-state index contributed by atoms with van der Waals surface area (Å²) in [5.41, 5.74) is -1.41. The number of carbonyl (C=O) groups excluding carboxylic acids is 1. The van der Waals surface area contributed by atoms with Crippen LogP contribution in [-0.4, -0.2) is 18.0 Å². The number of halogens is 1. The van der Waals surface area contributed by atoms with Crippen molar-refractivity contribution in [1.82, 2.24) is 0 Å². The topological polar surface area (TPSA) is 21.4 Å². The first kappa shape index (κ1) is 6.78. The van der Waals surface area contributed by atoms with Crippen LogP contribution in [0.4, 0.5) is 4.39 Å². The van der Waals surface area contributed by atoms with E-state index >= 15 is 0 Å². The summed E-state index contributed by atoms with van der Waals surface area (Å²) in [4.78, 5) is 14.2. The zero-order valence-electron chi connectivity index (χ0n) is 6.06. The smallest absolute Gasteiger partial charge is 0.272 e. The molecule has 3 aliphatic rings. The predicted molar refractivity (Wildman–Crippen MR) is 36.6 cm³/mol. The monoisotopic (exact) mass is 153 g/mol. The second-order valence-electron chi connectivity index (χ2n) is 3.70. The number of alkyl halides is 1. The standard InChI is InChI=1S/C8H8FNO/c1-10-2-6(11)7-3-8(9,4-7)5-7/h2-5H2. The minimum Gasteiger partial charge on any atom is -0.308 e. The van der Waals surface area contributed by atoms with Crippen LogP contribution in [-0.2, 0) is 4.79 Å². The lowest BCUT2D eigenvalue weighted by Gasteiger charge is -2.63. The molecule has 0 saturated heterocycles. The van der Waals surface area contributed by atoms with Crippen molar-refractivity contribution in [2.24, 2.45) is 5.41 Å². The van der Waals surface area contributed by atoms with Crippen LogP contribution < -0.4 is 0 Å². The fourth-order valence-electron chi connectivity index (χ4n) is 2.20. The van der Waals surface area contributed by atoms with Crippen LogP contribution in [0.5, 0.6) is 0 Å². The highest BCUT2D eigenvalue weighted by Crippen LogP contribution is 2.69. The minimum atomic E-state index is -1.02. The maximum Gasteiger partial charge on any atom is 0.272 e. The lowest BCUT2D eigenvalue weighted by molar-refractivity contribution is -0.210. The van der Waals surface area contributed by atoms with Crippen molar-refractivity contribution in [2.45, 2.75) is 24.9 Å². The summed E-state index contributed by atoms with van der Waals surface area (Å²) in [6.45, 7) is 6.43. The zero-order valence-corrected chi connectivity index (χ0v) is 6.06. The number of hydrogen-bond donors (Lipinski definition) is 0. The van der Waals surface area contributed by atoms with E-state index in [1.807, 2.05) is 0 Å². The molecule has 0 spiro atoms. The van der Waals surface area contributed by atoms with Gasteiger partial charge in [-0.05, 0) is 19.3 Å². The van der Waals surface area contributed by atoms with E-state index in [0.29, 0.717) is 19.3 Å². The molecule has 3 fully saturated rings. The minimum absolute atomic E-state index is 0.0491. The normalized spacial score (nSPS) is 45.1. The maximum absolute atomic E-state index is 12.9. The van der Waals surface area contributed by atoms with Crippen molar-refractivity contribution in [3.63, 3.8) is 0 Å². The lowest BCUT2D eigenvalue weighted by Crippen LogP contribution is -2.68. The van der Waals surface area contributed by atoms with E-state index in [1.54, 1.807) is 0 Å². The van der Waals surface area contributed by atoms with Crippen molar-refractivity contribution >= 4 is 5.78 Å². The molecular weight excluding hydrogens is 145 g/mol. The molecule has 2 nitrogen and oxygen atoms in total. The average molecular weight is 153 g/mol. The molecule has 58 valence electrons. The van der Waals surface area contributed by atoms with E-state index in [4.69, 9.17) is 6.57 Å². The molecule has 0 aliphatic heterocycles. The number of nitrogens with zero attached hydrogens (tertiary/aromatic N) is 1. The molecular formula is C8H8FNO. The maximum atomic E-state index is 12.9. The van der Waals surface area contributed by atoms with Gasteiger partial charge in [-0.3, -0.25) is 4.79 Å². The SMILES string of the molecule is [C-]#[N+]CC(=O)C12CC(F)(C1)C2. The Morgan fingerprint density at radius 3 is 2.45 bits per heavy atom. The Hall–Kier alpha value is -0.910. The summed E-state index contributed by atoms with van der Waals surface area (Å²) in [5, 5.41) is 0. The number of ketones is 1. The predicted octanol–water partition coefficient (Wildman–Crippen LogP) is 1.37. The summed E-state index contributed by atoms with van der Waals surface area (Å²) >= 11 is 0. The molecule has 0 aromatic heterocycles. The molecule has 0 unspecified atom stereocenters. The molecule has 0 N–H and O–H groups in total. The molecule has 0 atom stereocenters. The van der Waals surface area contributed by atoms with Crippen LogP contribution >= 0.6 is 0 Å². The van der Waals surface area contributed by atoms with Crippen LogP contribution in [0.15, 0.2) is 0 Å². The third-order valence-electron chi connectivity index (χ3n) is 2.78. The molecule has 3 rings (SSSR count). The van der Waals surface area contributed by atoms with Gasteiger partial charge in [-0.25, -0.2) is 11.0 Å². The van der Waals surface area contributed by atoms with Crippen molar-refractivity contribution in [3.8, 4) is 0 Å². The van der Waals surface area contributed by atoms with Crippen LogP contribution in [0.1, 0.15) is 19.3 Å². The molecule has 0 amide bonds. The van der Waals surface area contributed by atoms with E-state index in [-0.39, 0.29) is 17.7 Å². The molecule has 2 bridgehead atoms. The Morgan fingerprint density at radius 1 is 1.55 bits per heavy atom. The molecule has 3 heteroatoms. The van der Waals surface area contributed by atoms with Gasteiger partial charge < -0.3 is 4.85 Å². The molecule has 3 aliphatic carbocycles. The van der Waals surface area contributed by atoms with Gasteiger partial charge in [0, 0.05) is 5.41 Å². The highest BCUT2D eigenvalue weighted by atomic mass is 19.1. The quantitative estimate of drug-likeness (QED) is 0.549. The van der Waals surface area contributed by atoms with Crippen LogP contribution in [0.25, 0.3) is 4.85 Å². The van der Waals surface area contributed by atoms with Gasteiger partial charge in [0.2, 0.25) is 5.78 Å². The van der Waals surface area contributed by atoms with Crippen LogP contribution in [0, 0.1) is 12.0 Å². The summed E-state index contributed by atoms with van der Waals surface area (Å²) in [7, 11) is 0. The first-order chi connectivity index (χ1) is 5.10. The molecule has 11 heavy (non-hydrogen) atoms. The van der Waals surface area contributed by atoms with E-state index in [9.17, 15) is 9.18 Å². The van der Waals surface area contributed by atoms with Crippen LogP contribution in [0.2, 0.25) is 0 Å². The van der Waals surface area contributed by atoms with Crippen molar-refractivity contribution in [2.75, 3.05) is 6.54 Å². The summed E-state index contributed by atoms with van der Waals surface area (Å²) in [5.74, 6) is -0.0491. The molecule has 3 saturated carbocycles. The number of rotatable bonds is 2. The van der Waals surface area contributed by atoms with E-state index in [2.05, 4.69) is 4.85 Å². The summed E-state index contributed by atoms with van der Waals surface area (Å²) in [6.07, 6.45) is 1.15. The Bertz CT molecular complexity index is 246. The first-order valence-corrected chi connectivity index (χ1v) is 3.66. The fourth-order valence-corrected chi connectivity index (χ4v) is 2.20. The number of Topliss-reactive ketones (excluding diaryl/α,β-unsaturated/α-hetero) is 1. The largest absolute Gasteiger partial charge is 0.308 e. The van der Waals surface area contributed by atoms with Crippen LogP contribution in [0.3, 0.4) is 0 Å². The van der Waals surface area contributed by atoms with Gasteiger partial charge in [0.05, 0.1) is 0 Å². The van der Waals surface area contributed by atoms with Gasteiger partial charge in [-0.1, -0.05) is 0 Å². The van der Waals surface area contributed by atoms with Gasteiger partial charge in [0.15, 0.2) is 0 Å². The summed E-state index contributed by atoms with van der Waals surface area (Å²) in [6, 6.07) is 0. The molecule has 0 radical (unpaired) electrons. The Kier molecular flexibility index (Phi) is 1.01. The number of carbonyl (C=O) groups is 1. The molecule has 0 aromatic rings. The Balaban J connectivity index is 2.00. The highest BCUT2D eigenvalue weighted by Gasteiger charge is 2.72. The van der Waals surface area contributed by atoms with Gasteiger partial charge >= 0.3 is 0 Å². The second-order valence-corrected chi connectivity index (χ2v) is 3.70. The van der Waals surface area contributed by atoms with Crippen molar-refractivity contribution in [3.05, 3.63) is 11.4 Å². The highest BCUT2D eigenvalue weighted by molar-refractivity contribution is 5.91. The van der Waals surface area contributed by atoms with Gasteiger partial charge in [0.25, 0.3) is 6.54 Å². The van der Waals surface area contributed by atoms with Gasteiger partial charge in [-0.2, -0.15) is 0 Å². The van der Waals surface area contributed by atoms with E-state index in [0.717, 1.165) is 0 Å². The molecule has 0 aromatic carbocycles. The van der Waals surface area contributed by atoms with E-state index < -0.39 is 5.67 Å². The summed E-state index contributed by atoms with van der Waals surface area (Å²) < 4.78 is 12.9. The van der Waals surface area contributed by atoms with Crippen molar-refractivity contribution < 1.29 is 9.18 Å². The van der Waals surface area contributed by atoms with Gasteiger partial charge in [0.1, 0.15) is 5.67 Å². The zero-order chi connectivity index (χ0) is 8.11. The lowest BCUT2D eigenvalue weighted by atomic mass is 9.41. The number of hydrogen-bond acceptors (Lipinski definition) is 1. The van der Waals surface area contributed by atoms with Crippen molar-refractivity contribution in [1.29, 1.82) is 0 Å². The fraction of sp³-hybridized carbons (Fsp3) is 0.750. The van der Waals surface area contributed by atoms with Gasteiger partial charge in [-0.15, -0.1) is 0 Å². The second kappa shape index (κ2) is 1.63.